The van der Waals surface area contributed by atoms with Crippen molar-refractivity contribution in [3.63, 3.8) is 0 Å². The number of hydrogen-bond acceptors (Lipinski definition) is 8. The summed E-state index contributed by atoms with van der Waals surface area (Å²) in [6.45, 7) is -0.818. The van der Waals surface area contributed by atoms with E-state index in [9.17, 15) is 20.1 Å². The second kappa shape index (κ2) is 7.12. The minimum Gasteiger partial charge on any atom is -0.394 e. The molecular weight excluding hydrogens is 258 g/mol. The van der Waals surface area contributed by atoms with Gasteiger partial charge in [0.25, 0.3) is 0 Å². The van der Waals surface area contributed by atoms with E-state index >= 15 is 0 Å². The highest BCUT2D eigenvalue weighted by Crippen LogP contribution is 2.12. The SMILES string of the molecule is NC(=S)SC(=O)[C@H](O)[C@@H](O)[C@H](O)[C@H](O)CO. The third kappa shape index (κ3) is 4.70. The third-order valence-corrected chi connectivity index (χ3v) is 2.59. The van der Waals surface area contributed by atoms with E-state index in [1.54, 1.807) is 0 Å². The molecule has 0 spiro atoms. The van der Waals surface area contributed by atoms with Crippen LogP contribution in [0.15, 0.2) is 0 Å². The van der Waals surface area contributed by atoms with Crippen molar-refractivity contribution in [2.45, 2.75) is 24.4 Å². The minimum atomic E-state index is -1.96. The van der Waals surface area contributed by atoms with Crippen LogP contribution in [0, 0.1) is 0 Å². The number of rotatable bonds is 5. The fourth-order valence-corrected chi connectivity index (χ4v) is 1.53. The fourth-order valence-electron chi connectivity index (χ4n) is 0.821. The maximum Gasteiger partial charge on any atom is 0.227 e. The molecule has 4 atom stereocenters. The molecule has 0 aromatic carbocycles. The Balaban J connectivity index is 4.42. The Bertz CT molecular complexity index is 263. The molecule has 16 heavy (non-hydrogen) atoms. The Hall–Kier alpha value is -0.290. The van der Waals surface area contributed by atoms with Gasteiger partial charge in [-0.2, -0.15) is 0 Å². The van der Waals surface area contributed by atoms with Crippen molar-refractivity contribution < 1.29 is 30.3 Å². The zero-order chi connectivity index (χ0) is 12.9. The number of thiocarbonyl (C=S) groups is 1. The number of carbonyl (C=O) groups is 1. The molecule has 0 amide bonds. The molecule has 0 aliphatic heterocycles. The smallest absolute Gasteiger partial charge is 0.227 e. The maximum absolute atomic E-state index is 11.1. The second-order valence-corrected chi connectivity index (χ2v) is 4.66. The fraction of sp³-hybridized carbons (Fsp3) is 0.714. The van der Waals surface area contributed by atoms with Crippen molar-refractivity contribution in [3.05, 3.63) is 0 Å². The van der Waals surface area contributed by atoms with E-state index in [4.69, 9.17) is 15.9 Å². The number of aliphatic hydroxyl groups is 5. The van der Waals surface area contributed by atoms with Crippen molar-refractivity contribution in [1.82, 2.24) is 0 Å². The van der Waals surface area contributed by atoms with Gasteiger partial charge in [0.2, 0.25) is 5.12 Å². The van der Waals surface area contributed by atoms with Crippen LogP contribution in [0.1, 0.15) is 0 Å². The van der Waals surface area contributed by atoms with Gasteiger partial charge >= 0.3 is 0 Å². The molecule has 7 N–H and O–H groups in total. The van der Waals surface area contributed by atoms with Gasteiger partial charge < -0.3 is 31.3 Å². The summed E-state index contributed by atoms with van der Waals surface area (Å²) in [7, 11) is 0. The topological polar surface area (TPSA) is 144 Å². The summed E-state index contributed by atoms with van der Waals surface area (Å²) in [5.74, 6) is 0. The molecule has 0 saturated heterocycles. The maximum atomic E-state index is 11.1. The average molecular weight is 271 g/mol. The van der Waals surface area contributed by atoms with Crippen molar-refractivity contribution in [2.75, 3.05) is 6.61 Å². The zero-order valence-electron chi connectivity index (χ0n) is 8.05. The Morgan fingerprint density at radius 3 is 2.12 bits per heavy atom. The van der Waals surface area contributed by atoms with Gasteiger partial charge in [0.05, 0.1) is 6.61 Å². The van der Waals surface area contributed by atoms with Crippen LogP contribution in [-0.2, 0) is 4.79 Å². The summed E-state index contributed by atoms with van der Waals surface area (Å²) in [5, 5.41) is 44.2. The first-order chi connectivity index (χ1) is 7.31. The third-order valence-electron chi connectivity index (χ3n) is 1.70. The molecule has 0 aliphatic rings. The van der Waals surface area contributed by atoms with E-state index in [1.807, 2.05) is 0 Å². The summed E-state index contributed by atoms with van der Waals surface area (Å²) >= 11 is 4.73. The first kappa shape index (κ1) is 15.7. The molecule has 0 aromatic heterocycles. The van der Waals surface area contributed by atoms with Gasteiger partial charge in [0.1, 0.15) is 22.6 Å². The van der Waals surface area contributed by atoms with Crippen LogP contribution in [0.25, 0.3) is 0 Å². The van der Waals surface area contributed by atoms with Gasteiger partial charge in [-0.25, -0.2) is 0 Å². The highest BCUT2D eigenvalue weighted by molar-refractivity contribution is 8.32. The van der Waals surface area contributed by atoms with E-state index < -0.39 is 36.1 Å². The molecule has 0 fully saturated rings. The van der Waals surface area contributed by atoms with Crippen LogP contribution in [0.4, 0.5) is 0 Å². The summed E-state index contributed by atoms with van der Waals surface area (Å²) in [6, 6.07) is 0. The lowest BCUT2D eigenvalue weighted by atomic mass is 10.0. The van der Waals surface area contributed by atoms with Crippen molar-refractivity contribution in [1.29, 1.82) is 0 Å². The molecule has 9 heteroatoms. The van der Waals surface area contributed by atoms with Crippen molar-refractivity contribution >= 4 is 33.4 Å². The molecule has 0 aliphatic carbocycles. The molecule has 0 radical (unpaired) electrons. The average Bonchev–Trinajstić information content (AvgIpc) is 2.23. The molecule has 0 unspecified atom stereocenters. The quantitative estimate of drug-likeness (QED) is 0.287. The van der Waals surface area contributed by atoms with Crippen molar-refractivity contribution in [3.8, 4) is 0 Å². The van der Waals surface area contributed by atoms with Gasteiger partial charge in [-0.1, -0.05) is 12.2 Å². The molecule has 94 valence electrons. The van der Waals surface area contributed by atoms with Gasteiger partial charge in [-0.3, -0.25) is 4.79 Å². The standard InChI is InChI=1S/C7H13NO6S2/c8-7(15)16-6(14)5(13)4(12)3(11)2(10)1-9/h2-5,9-13H,1H2,(H2,8,15)/t2-,3-,4+,5-/m1/s1. The van der Waals surface area contributed by atoms with Gasteiger partial charge in [0, 0.05) is 0 Å². The highest BCUT2D eigenvalue weighted by Gasteiger charge is 2.34. The number of aliphatic hydroxyl groups excluding tert-OH is 5. The lowest BCUT2D eigenvalue weighted by Crippen LogP contribution is -2.48. The second-order valence-electron chi connectivity index (χ2n) is 2.92. The Morgan fingerprint density at radius 2 is 1.75 bits per heavy atom. The monoisotopic (exact) mass is 271 g/mol. The number of hydrogen-bond donors (Lipinski definition) is 6. The number of nitrogens with two attached hydrogens (primary N) is 1. The Labute approximate surface area is 101 Å². The Morgan fingerprint density at radius 1 is 1.25 bits per heavy atom. The van der Waals surface area contributed by atoms with Crippen LogP contribution in [-0.4, -0.2) is 66.0 Å². The largest absolute Gasteiger partial charge is 0.394 e. The van der Waals surface area contributed by atoms with Crippen LogP contribution < -0.4 is 5.73 Å². The van der Waals surface area contributed by atoms with Crippen LogP contribution in [0.3, 0.4) is 0 Å². The van der Waals surface area contributed by atoms with Gasteiger partial charge in [-0.15, -0.1) is 0 Å². The molecule has 0 heterocycles. The van der Waals surface area contributed by atoms with Crippen LogP contribution >= 0.6 is 24.0 Å². The summed E-state index contributed by atoms with van der Waals surface area (Å²) in [6.07, 6.45) is -7.40. The zero-order valence-corrected chi connectivity index (χ0v) is 9.69. The van der Waals surface area contributed by atoms with E-state index in [2.05, 4.69) is 12.2 Å². The first-order valence-corrected chi connectivity index (χ1v) is 5.38. The minimum absolute atomic E-state index is 0.242. The lowest BCUT2D eigenvalue weighted by molar-refractivity contribution is -0.139. The Kier molecular flexibility index (Phi) is 6.99. The normalized spacial score (nSPS) is 18.6. The first-order valence-electron chi connectivity index (χ1n) is 4.15. The van der Waals surface area contributed by atoms with E-state index in [0.29, 0.717) is 11.8 Å². The van der Waals surface area contributed by atoms with E-state index in [1.165, 1.54) is 0 Å². The highest BCUT2D eigenvalue weighted by atomic mass is 32.2. The van der Waals surface area contributed by atoms with E-state index in [-0.39, 0.29) is 4.32 Å². The number of thioether (sulfide) groups is 1. The van der Waals surface area contributed by atoms with Gasteiger partial charge in [0.15, 0.2) is 6.10 Å². The molecule has 0 bridgehead atoms. The van der Waals surface area contributed by atoms with Gasteiger partial charge in [-0.05, 0) is 11.8 Å². The molecular formula is C7H13NO6S2. The van der Waals surface area contributed by atoms with E-state index in [0.717, 1.165) is 0 Å². The summed E-state index contributed by atoms with van der Waals surface area (Å²) in [5.41, 5.74) is 5.02. The molecule has 0 aromatic rings. The predicted molar refractivity (Wildman–Crippen MR) is 60.5 cm³/mol. The summed E-state index contributed by atoms with van der Waals surface area (Å²) in [4.78, 5) is 11.1. The van der Waals surface area contributed by atoms with Crippen LogP contribution in [0.2, 0.25) is 0 Å². The summed E-state index contributed by atoms with van der Waals surface area (Å²) < 4.78 is -0.242. The van der Waals surface area contributed by atoms with Crippen molar-refractivity contribution in [2.24, 2.45) is 5.73 Å². The lowest BCUT2D eigenvalue weighted by Gasteiger charge is -2.24. The molecule has 0 saturated carbocycles. The molecule has 7 nitrogen and oxygen atoms in total. The predicted octanol–water partition coefficient (Wildman–Crippen LogP) is -3.07. The molecule has 0 rings (SSSR count). The van der Waals surface area contributed by atoms with Crippen LogP contribution in [0.5, 0.6) is 0 Å². The number of carbonyl (C=O) groups excluding carboxylic acids is 1.